The van der Waals surface area contributed by atoms with E-state index in [0.717, 1.165) is 44.6 Å². The molecular formula is C22H19BrFNO3. The minimum Gasteiger partial charge on any atom is -0.496 e. The number of carbonyl (C=O) groups excluding carboxylic acids is 1. The molecule has 0 N–H and O–H groups in total. The SMILES string of the molecule is CCOC(=O)c1cc(-c2ccc(F)cc2)c2n1CCc1cc(OC)c(Br)cc1-2. The van der Waals surface area contributed by atoms with Crippen LogP contribution in [0.1, 0.15) is 23.0 Å². The lowest BCUT2D eigenvalue weighted by Gasteiger charge is -2.23. The quantitative estimate of drug-likeness (QED) is 0.502. The summed E-state index contributed by atoms with van der Waals surface area (Å²) in [4.78, 5) is 12.6. The minimum absolute atomic E-state index is 0.296. The summed E-state index contributed by atoms with van der Waals surface area (Å²) in [6, 6.07) is 12.2. The first-order chi connectivity index (χ1) is 13.5. The highest BCUT2D eigenvalue weighted by Crippen LogP contribution is 2.43. The number of halogens is 2. The van der Waals surface area contributed by atoms with E-state index in [1.807, 2.05) is 22.8 Å². The first-order valence-corrected chi connectivity index (χ1v) is 9.86. The molecule has 0 saturated carbocycles. The number of carbonyl (C=O) groups is 1. The maximum absolute atomic E-state index is 13.5. The van der Waals surface area contributed by atoms with Crippen molar-refractivity contribution >= 4 is 21.9 Å². The van der Waals surface area contributed by atoms with Gasteiger partial charge in [-0.2, -0.15) is 0 Å². The first kappa shape index (κ1) is 18.7. The molecule has 1 aliphatic rings. The summed E-state index contributed by atoms with van der Waals surface area (Å²) in [6.07, 6.45) is 0.774. The third kappa shape index (κ3) is 3.11. The summed E-state index contributed by atoms with van der Waals surface area (Å²) in [5, 5.41) is 0. The molecule has 4 rings (SSSR count). The number of aryl methyl sites for hydroxylation is 1. The highest BCUT2D eigenvalue weighted by molar-refractivity contribution is 9.10. The number of methoxy groups -OCH3 is 1. The Morgan fingerprint density at radius 2 is 1.93 bits per heavy atom. The van der Waals surface area contributed by atoms with Crippen molar-refractivity contribution in [1.29, 1.82) is 0 Å². The zero-order chi connectivity index (χ0) is 19.8. The van der Waals surface area contributed by atoms with E-state index in [1.54, 1.807) is 26.2 Å². The Labute approximate surface area is 171 Å². The number of fused-ring (bicyclic) bond motifs is 3. The lowest BCUT2D eigenvalue weighted by atomic mass is 9.94. The van der Waals surface area contributed by atoms with E-state index in [-0.39, 0.29) is 11.8 Å². The smallest absolute Gasteiger partial charge is 0.354 e. The molecule has 144 valence electrons. The second kappa shape index (κ2) is 7.43. The summed E-state index contributed by atoms with van der Waals surface area (Å²) < 4.78 is 27.0. The predicted octanol–water partition coefficient (Wildman–Crippen LogP) is 5.47. The lowest BCUT2D eigenvalue weighted by molar-refractivity contribution is 0.0514. The molecule has 1 aromatic heterocycles. The van der Waals surface area contributed by atoms with E-state index in [0.29, 0.717) is 18.8 Å². The van der Waals surface area contributed by atoms with Gasteiger partial charge in [-0.15, -0.1) is 0 Å². The van der Waals surface area contributed by atoms with Crippen LogP contribution in [0.5, 0.6) is 5.75 Å². The van der Waals surface area contributed by atoms with Crippen LogP contribution in [-0.2, 0) is 17.7 Å². The van der Waals surface area contributed by atoms with E-state index in [1.165, 1.54) is 12.1 Å². The number of ether oxygens (including phenoxy) is 2. The summed E-state index contributed by atoms with van der Waals surface area (Å²) >= 11 is 3.56. The monoisotopic (exact) mass is 443 g/mol. The maximum atomic E-state index is 13.5. The molecule has 0 aliphatic carbocycles. The van der Waals surface area contributed by atoms with E-state index >= 15 is 0 Å². The third-order valence-electron chi connectivity index (χ3n) is 4.97. The largest absolute Gasteiger partial charge is 0.496 e. The van der Waals surface area contributed by atoms with Crippen LogP contribution in [0.15, 0.2) is 46.9 Å². The van der Waals surface area contributed by atoms with Gasteiger partial charge in [0.25, 0.3) is 0 Å². The van der Waals surface area contributed by atoms with Gasteiger partial charge >= 0.3 is 5.97 Å². The molecule has 28 heavy (non-hydrogen) atoms. The lowest BCUT2D eigenvalue weighted by Crippen LogP contribution is -2.17. The Hall–Kier alpha value is -2.60. The number of hydrogen-bond acceptors (Lipinski definition) is 3. The van der Waals surface area contributed by atoms with Gasteiger partial charge in [0, 0.05) is 17.7 Å². The third-order valence-corrected chi connectivity index (χ3v) is 5.59. The van der Waals surface area contributed by atoms with Gasteiger partial charge < -0.3 is 14.0 Å². The Bertz CT molecular complexity index is 1060. The number of rotatable bonds is 4. The molecular weight excluding hydrogens is 425 g/mol. The second-order valence-corrected chi connectivity index (χ2v) is 7.42. The molecule has 3 aromatic rings. The van der Waals surface area contributed by atoms with Gasteiger partial charge in [-0.25, -0.2) is 9.18 Å². The highest BCUT2D eigenvalue weighted by Gasteiger charge is 2.28. The summed E-state index contributed by atoms with van der Waals surface area (Å²) in [7, 11) is 1.64. The number of nitrogens with zero attached hydrogens (tertiary/aromatic N) is 1. The van der Waals surface area contributed by atoms with Crippen molar-refractivity contribution in [3.05, 3.63) is 64.0 Å². The van der Waals surface area contributed by atoms with Crippen LogP contribution in [0.4, 0.5) is 4.39 Å². The number of esters is 1. The van der Waals surface area contributed by atoms with Gasteiger partial charge in [0.05, 0.1) is 23.9 Å². The first-order valence-electron chi connectivity index (χ1n) is 9.06. The average Bonchev–Trinajstić information content (AvgIpc) is 3.08. The Kier molecular flexibility index (Phi) is 4.98. The van der Waals surface area contributed by atoms with E-state index in [9.17, 15) is 9.18 Å². The van der Waals surface area contributed by atoms with E-state index in [4.69, 9.17) is 9.47 Å². The van der Waals surface area contributed by atoms with Crippen molar-refractivity contribution in [2.24, 2.45) is 0 Å². The van der Waals surface area contributed by atoms with Crippen LogP contribution < -0.4 is 4.74 Å². The van der Waals surface area contributed by atoms with Gasteiger partial charge in [-0.3, -0.25) is 0 Å². The van der Waals surface area contributed by atoms with Gasteiger partial charge in [0.15, 0.2) is 0 Å². The van der Waals surface area contributed by atoms with Crippen molar-refractivity contribution in [1.82, 2.24) is 4.57 Å². The Morgan fingerprint density at radius 1 is 1.18 bits per heavy atom. The highest BCUT2D eigenvalue weighted by atomic mass is 79.9. The minimum atomic E-state index is -0.354. The molecule has 0 fully saturated rings. The van der Waals surface area contributed by atoms with Crippen LogP contribution in [0.25, 0.3) is 22.4 Å². The van der Waals surface area contributed by atoms with Crippen molar-refractivity contribution in [2.75, 3.05) is 13.7 Å². The van der Waals surface area contributed by atoms with Crippen LogP contribution in [-0.4, -0.2) is 24.3 Å². The number of hydrogen-bond donors (Lipinski definition) is 0. The van der Waals surface area contributed by atoms with Crippen molar-refractivity contribution in [3.8, 4) is 28.1 Å². The van der Waals surface area contributed by atoms with E-state index in [2.05, 4.69) is 15.9 Å². The van der Waals surface area contributed by atoms with Crippen LogP contribution in [0.3, 0.4) is 0 Å². The molecule has 0 bridgehead atoms. The fourth-order valence-electron chi connectivity index (χ4n) is 3.71. The standard InChI is InChI=1S/C22H19BrFNO3/c1-3-28-22(26)19-12-17(13-4-6-15(24)7-5-13)21-16-11-18(23)20(27-2)10-14(16)8-9-25(19)21/h4-7,10-12H,3,8-9H2,1-2H3. The van der Waals surface area contributed by atoms with Crippen LogP contribution in [0, 0.1) is 5.82 Å². The fraction of sp³-hybridized carbons (Fsp3) is 0.227. The molecule has 2 heterocycles. The zero-order valence-electron chi connectivity index (χ0n) is 15.6. The molecule has 0 unspecified atom stereocenters. The Morgan fingerprint density at radius 3 is 2.61 bits per heavy atom. The van der Waals surface area contributed by atoms with Crippen LogP contribution in [0.2, 0.25) is 0 Å². The molecule has 4 nitrogen and oxygen atoms in total. The summed E-state index contributed by atoms with van der Waals surface area (Å²) in [5.41, 5.74) is 5.33. The predicted molar refractivity (Wildman–Crippen MR) is 109 cm³/mol. The maximum Gasteiger partial charge on any atom is 0.354 e. The molecule has 0 spiro atoms. The topological polar surface area (TPSA) is 40.5 Å². The van der Waals surface area contributed by atoms with Gasteiger partial charge in [0.2, 0.25) is 0 Å². The summed E-state index contributed by atoms with van der Waals surface area (Å²) in [5.74, 6) is 0.121. The molecule has 0 radical (unpaired) electrons. The van der Waals surface area contributed by atoms with Crippen molar-refractivity contribution < 1.29 is 18.7 Å². The normalized spacial score (nSPS) is 12.3. The second-order valence-electron chi connectivity index (χ2n) is 6.56. The van der Waals surface area contributed by atoms with Crippen molar-refractivity contribution in [3.63, 3.8) is 0 Å². The molecule has 0 saturated heterocycles. The molecule has 0 atom stereocenters. The van der Waals surface area contributed by atoms with Crippen LogP contribution >= 0.6 is 15.9 Å². The average molecular weight is 444 g/mol. The zero-order valence-corrected chi connectivity index (χ0v) is 17.2. The summed E-state index contributed by atoms with van der Waals surface area (Å²) in [6.45, 7) is 2.75. The number of benzene rings is 2. The number of aromatic nitrogens is 1. The van der Waals surface area contributed by atoms with Gasteiger partial charge in [0.1, 0.15) is 17.3 Å². The molecule has 2 aromatic carbocycles. The van der Waals surface area contributed by atoms with E-state index < -0.39 is 0 Å². The molecule has 6 heteroatoms. The van der Waals surface area contributed by atoms with Gasteiger partial charge in [-0.1, -0.05) is 12.1 Å². The van der Waals surface area contributed by atoms with Gasteiger partial charge in [-0.05, 0) is 70.7 Å². The fourth-order valence-corrected chi connectivity index (χ4v) is 4.21. The molecule has 0 amide bonds. The Balaban J connectivity index is 1.97. The van der Waals surface area contributed by atoms with Crippen molar-refractivity contribution in [2.45, 2.75) is 19.9 Å². The molecule has 1 aliphatic heterocycles.